The van der Waals surface area contributed by atoms with Crippen LogP contribution in [0.25, 0.3) is 0 Å². The Hall–Kier alpha value is -3.69. The molecule has 29 heavy (non-hydrogen) atoms. The van der Waals surface area contributed by atoms with Crippen molar-refractivity contribution in [3.8, 4) is 11.5 Å². The first-order chi connectivity index (χ1) is 14.0. The van der Waals surface area contributed by atoms with E-state index in [1.165, 1.54) is 30.5 Å². The molecular weight excluding hydrogens is 390 g/mol. The zero-order valence-corrected chi connectivity index (χ0v) is 15.3. The Morgan fingerprint density at radius 1 is 1.10 bits per heavy atom. The van der Waals surface area contributed by atoms with E-state index in [1.54, 1.807) is 31.4 Å². The number of oxime groups is 1. The molecule has 0 saturated carbocycles. The van der Waals surface area contributed by atoms with Crippen molar-refractivity contribution in [2.45, 2.75) is 6.61 Å². The highest BCUT2D eigenvalue weighted by Gasteiger charge is 2.13. The minimum atomic E-state index is -3.04. The number of nitrogens with one attached hydrogen (secondary N) is 1. The smallest absolute Gasteiger partial charge is 0.387 e. The normalized spacial score (nSPS) is 10.6. The van der Waals surface area contributed by atoms with Gasteiger partial charge in [0.25, 0.3) is 5.91 Å². The number of anilines is 1. The van der Waals surface area contributed by atoms with E-state index in [-0.39, 0.29) is 11.4 Å². The Bertz CT molecular complexity index is 843. The van der Waals surface area contributed by atoms with Crippen LogP contribution in [0.4, 0.5) is 14.5 Å². The van der Waals surface area contributed by atoms with E-state index in [2.05, 4.69) is 15.2 Å². The summed E-state index contributed by atoms with van der Waals surface area (Å²) in [6.07, 6.45) is 1.39. The largest absolute Gasteiger partial charge is 0.497 e. The summed E-state index contributed by atoms with van der Waals surface area (Å²) in [4.78, 5) is 28.2. The average molecular weight is 408 g/mol. The number of nitrogens with zero attached hydrogens (tertiary/aromatic N) is 1. The monoisotopic (exact) mass is 408 g/mol. The van der Waals surface area contributed by atoms with Crippen LogP contribution in [-0.4, -0.2) is 45.0 Å². The standard InChI is InChI=1S/C19H18F2N2O6/c1-26-14-8-6-13(7-9-14)10-22-28-12-18(25)27-11-17(24)23-15-4-2-3-5-16(15)29-19(20)21/h2-10,19H,11-12H2,1H3,(H,23,24)/b22-10-. The second kappa shape index (κ2) is 11.2. The molecule has 1 N–H and O–H groups in total. The lowest BCUT2D eigenvalue weighted by Crippen LogP contribution is -2.23. The highest BCUT2D eigenvalue weighted by atomic mass is 19.3. The Morgan fingerprint density at radius 2 is 1.83 bits per heavy atom. The molecule has 0 aliphatic rings. The van der Waals surface area contributed by atoms with Gasteiger partial charge in [-0.1, -0.05) is 17.3 Å². The molecule has 154 valence electrons. The highest BCUT2D eigenvalue weighted by Crippen LogP contribution is 2.25. The quantitative estimate of drug-likeness (QED) is 0.369. The lowest BCUT2D eigenvalue weighted by Gasteiger charge is -2.11. The Morgan fingerprint density at radius 3 is 2.52 bits per heavy atom. The van der Waals surface area contributed by atoms with Gasteiger partial charge in [0.15, 0.2) is 6.61 Å². The van der Waals surface area contributed by atoms with Gasteiger partial charge in [-0.25, -0.2) is 4.79 Å². The molecule has 2 aromatic rings. The lowest BCUT2D eigenvalue weighted by atomic mass is 10.2. The van der Waals surface area contributed by atoms with Crippen molar-refractivity contribution in [3.63, 3.8) is 0 Å². The van der Waals surface area contributed by atoms with Crippen molar-refractivity contribution in [2.75, 3.05) is 25.6 Å². The molecule has 0 aliphatic heterocycles. The molecule has 0 atom stereocenters. The van der Waals surface area contributed by atoms with Gasteiger partial charge in [-0.15, -0.1) is 0 Å². The van der Waals surface area contributed by atoms with Gasteiger partial charge >= 0.3 is 12.6 Å². The number of amides is 1. The summed E-state index contributed by atoms with van der Waals surface area (Å²) in [5.41, 5.74) is 0.748. The summed E-state index contributed by atoms with van der Waals surface area (Å²) >= 11 is 0. The second-order valence-corrected chi connectivity index (χ2v) is 5.36. The van der Waals surface area contributed by atoms with E-state index in [0.29, 0.717) is 5.75 Å². The number of para-hydroxylation sites is 2. The van der Waals surface area contributed by atoms with E-state index in [0.717, 1.165) is 5.56 Å². The van der Waals surface area contributed by atoms with Crippen molar-refractivity contribution in [3.05, 3.63) is 54.1 Å². The van der Waals surface area contributed by atoms with Crippen LogP contribution in [0.2, 0.25) is 0 Å². The third-order valence-electron chi connectivity index (χ3n) is 3.32. The van der Waals surface area contributed by atoms with Crippen LogP contribution in [0.3, 0.4) is 0 Å². The molecule has 8 nitrogen and oxygen atoms in total. The summed E-state index contributed by atoms with van der Waals surface area (Å²) in [5, 5.41) is 5.93. The molecule has 1 amide bonds. The van der Waals surface area contributed by atoms with Gasteiger partial charge in [0.1, 0.15) is 11.5 Å². The zero-order chi connectivity index (χ0) is 21.1. The molecule has 0 aromatic heterocycles. The number of esters is 1. The van der Waals surface area contributed by atoms with E-state index in [4.69, 9.17) is 14.3 Å². The molecular formula is C19H18F2N2O6. The summed E-state index contributed by atoms with van der Waals surface area (Å²) < 4.78 is 38.7. The molecule has 2 aromatic carbocycles. The van der Waals surface area contributed by atoms with Gasteiger partial charge in [-0.05, 0) is 42.0 Å². The molecule has 10 heteroatoms. The maximum atomic E-state index is 12.3. The summed E-state index contributed by atoms with van der Waals surface area (Å²) in [5.74, 6) is -1.08. The number of hydrogen-bond donors (Lipinski definition) is 1. The fourth-order valence-electron chi connectivity index (χ4n) is 2.02. The van der Waals surface area contributed by atoms with Crippen molar-refractivity contribution in [1.82, 2.24) is 0 Å². The number of carbonyl (C=O) groups is 2. The minimum absolute atomic E-state index is 0.0224. The van der Waals surface area contributed by atoms with E-state index < -0.39 is 31.7 Å². The molecule has 0 spiro atoms. The molecule has 0 aliphatic carbocycles. The van der Waals surface area contributed by atoms with E-state index >= 15 is 0 Å². The fraction of sp³-hybridized carbons (Fsp3) is 0.211. The molecule has 2 rings (SSSR count). The van der Waals surface area contributed by atoms with E-state index in [1.807, 2.05) is 0 Å². The van der Waals surface area contributed by atoms with Crippen LogP contribution in [0.15, 0.2) is 53.7 Å². The Labute approximate surface area is 165 Å². The molecule has 0 fully saturated rings. The number of halogens is 2. The molecule has 0 unspecified atom stereocenters. The summed E-state index contributed by atoms with van der Waals surface area (Å²) in [6, 6.07) is 12.6. The van der Waals surface area contributed by atoms with Crippen LogP contribution in [0.5, 0.6) is 11.5 Å². The summed E-state index contributed by atoms with van der Waals surface area (Å²) in [7, 11) is 1.55. The Balaban J connectivity index is 1.72. The lowest BCUT2D eigenvalue weighted by molar-refractivity contribution is -0.151. The van der Waals surface area contributed by atoms with Crippen LogP contribution >= 0.6 is 0 Å². The van der Waals surface area contributed by atoms with Crippen LogP contribution < -0.4 is 14.8 Å². The third-order valence-corrected chi connectivity index (χ3v) is 3.32. The van der Waals surface area contributed by atoms with Crippen LogP contribution in [0, 0.1) is 0 Å². The summed E-state index contributed by atoms with van der Waals surface area (Å²) in [6.45, 7) is -4.18. The zero-order valence-electron chi connectivity index (χ0n) is 15.3. The van der Waals surface area contributed by atoms with Crippen LogP contribution in [-0.2, 0) is 19.2 Å². The Kier molecular flexibility index (Phi) is 8.36. The topological polar surface area (TPSA) is 95.5 Å². The minimum Gasteiger partial charge on any atom is -0.497 e. The predicted molar refractivity (Wildman–Crippen MR) is 99.2 cm³/mol. The van der Waals surface area contributed by atoms with Gasteiger partial charge in [-0.3, -0.25) is 4.79 Å². The first-order valence-corrected chi connectivity index (χ1v) is 8.26. The number of benzene rings is 2. The maximum Gasteiger partial charge on any atom is 0.387 e. The fourth-order valence-corrected chi connectivity index (χ4v) is 2.02. The van der Waals surface area contributed by atoms with E-state index in [9.17, 15) is 18.4 Å². The average Bonchev–Trinajstić information content (AvgIpc) is 2.71. The third kappa shape index (κ3) is 7.83. The number of alkyl halides is 2. The number of carbonyl (C=O) groups excluding carboxylic acids is 2. The predicted octanol–water partition coefficient (Wildman–Crippen LogP) is 2.83. The van der Waals surface area contributed by atoms with Crippen molar-refractivity contribution >= 4 is 23.8 Å². The highest BCUT2D eigenvalue weighted by molar-refractivity contribution is 5.94. The molecule has 0 radical (unpaired) electrons. The van der Waals surface area contributed by atoms with Crippen LogP contribution in [0.1, 0.15) is 5.56 Å². The number of methoxy groups -OCH3 is 1. The number of ether oxygens (including phenoxy) is 3. The van der Waals surface area contributed by atoms with Gasteiger partial charge in [0, 0.05) is 0 Å². The van der Waals surface area contributed by atoms with Crippen molar-refractivity contribution in [2.24, 2.45) is 5.16 Å². The first kappa shape index (κ1) is 21.6. The van der Waals surface area contributed by atoms with Gasteiger partial charge in [0.05, 0.1) is 19.0 Å². The second-order valence-electron chi connectivity index (χ2n) is 5.36. The maximum absolute atomic E-state index is 12.3. The molecule has 0 bridgehead atoms. The van der Waals surface area contributed by atoms with Gasteiger partial charge in [-0.2, -0.15) is 8.78 Å². The van der Waals surface area contributed by atoms with Gasteiger partial charge in [0.2, 0.25) is 6.61 Å². The van der Waals surface area contributed by atoms with Crippen molar-refractivity contribution in [1.29, 1.82) is 0 Å². The molecule has 0 heterocycles. The SMILES string of the molecule is COc1ccc(/C=N\OCC(=O)OCC(=O)Nc2ccccc2OC(F)F)cc1. The number of rotatable bonds is 10. The molecule has 0 saturated heterocycles. The van der Waals surface area contributed by atoms with Gasteiger partial charge < -0.3 is 24.4 Å². The number of hydrogen-bond acceptors (Lipinski definition) is 7. The first-order valence-electron chi connectivity index (χ1n) is 8.26. The van der Waals surface area contributed by atoms with Crippen molar-refractivity contribution < 1.29 is 37.4 Å².